The van der Waals surface area contributed by atoms with E-state index in [-0.39, 0.29) is 24.0 Å². The van der Waals surface area contributed by atoms with Crippen molar-refractivity contribution < 1.29 is 9.13 Å². The first-order valence-electron chi connectivity index (χ1n) is 7.45. The highest BCUT2D eigenvalue weighted by Gasteiger charge is 2.28. The average Bonchev–Trinajstić information content (AvgIpc) is 2.93. The first kappa shape index (κ1) is 15.4. The van der Waals surface area contributed by atoms with Gasteiger partial charge in [0.25, 0.3) is 0 Å². The van der Waals surface area contributed by atoms with Crippen molar-refractivity contribution in [2.75, 3.05) is 20.2 Å². The van der Waals surface area contributed by atoms with E-state index in [9.17, 15) is 4.39 Å². The number of benzene rings is 1. The molecule has 1 aliphatic rings. The lowest BCUT2D eigenvalue weighted by molar-refractivity contribution is 0.0622. The lowest BCUT2D eigenvalue weighted by Gasteiger charge is -2.34. The van der Waals surface area contributed by atoms with Crippen molar-refractivity contribution in [3.05, 3.63) is 35.6 Å². The number of nitrogens with zero attached hydrogens (tertiary/aromatic N) is 1. The second kappa shape index (κ2) is 7.16. The summed E-state index contributed by atoms with van der Waals surface area (Å²) in [6.07, 6.45) is 3.26. The summed E-state index contributed by atoms with van der Waals surface area (Å²) in [5.74, 6) is -0.180. The molecule has 0 bridgehead atoms. The molecule has 1 aliphatic heterocycles. The summed E-state index contributed by atoms with van der Waals surface area (Å²) in [4.78, 5) is 2.14. The van der Waals surface area contributed by atoms with E-state index in [1.54, 1.807) is 6.07 Å². The molecule has 0 saturated carbocycles. The van der Waals surface area contributed by atoms with Crippen LogP contribution >= 0.6 is 0 Å². The summed E-state index contributed by atoms with van der Waals surface area (Å²) in [5.41, 5.74) is 6.93. The van der Waals surface area contributed by atoms with Crippen LogP contribution in [0.5, 0.6) is 0 Å². The molecule has 1 saturated heterocycles. The van der Waals surface area contributed by atoms with Crippen LogP contribution in [0.25, 0.3) is 0 Å². The van der Waals surface area contributed by atoms with Gasteiger partial charge >= 0.3 is 0 Å². The van der Waals surface area contributed by atoms with Crippen LogP contribution < -0.4 is 5.73 Å². The molecule has 112 valence electrons. The number of hydrogen-bond acceptors (Lipinski definition) is 3. The largest absolute Gasteiger partial charge is 0.377 e. The molecule has 3 unspecified atom stereocenters. The van der Waals surface area contributed by atoms with Crippen LogP contribution in [0.2, 0.25) is 0 Å². The summed E-state index contributed by atoms with van der Waals surface area (Å²) in [6, 6.07) is 6.73. The Bertz CT molecular complexity index is 421. The molecule has 1 aromatic carbocycles. The fraction of sp³-hybridized carbons (Fsp3) is 0.625. The third kappa shape index (κ3) is 3.57. The maximum Gasteiger partial charge on any atom is 0.128 e. The zero-order valence-corrected chi connectivity index (χ0v) is 12.4. The Morgan fingerprint density at radius 3 is 2.80 bits per heavy atom. The summed E-state index contributed by atoms with van der Waals surface area (Å²) in [5, 5.41) is 0. The lowest BCUT2D eigenvalue weighted by atomic mass is 9.95. The molecule has 0 radical (unpaired) electrons. The Labute approximate surface area is 120 Å². The Morgan fingerprint density at radius 2 is 2.20 bits per heavy atom. The molecule has 4 heteroatoms. The Balaban J connectivity index is 2.16. The van der Waals surface area contributed by atoms with Crippen molar-refractivity contribution in [3.63, 3.8) is 0 Å². The van der Waals surface area contributed by atoms with Gasteiger partial charge in [0.05, 0.1) is 12.1 Å². The van der Waals surface area contributed by atoms with Crippen molar-refractivity contribution in [2.45, 2.75) is 44.4 Å². The van der Waals surface area contributed by atoms with Gasteiger partial charge in [-0.25, -0.2) is 4.39 Å². The molecule has 2 N–H and O–H groups in total. The van der Waals surface area contributed by atoms with Gasteiger partial charge in [-0.15, -0.1) is 0 Å². The highest BCUT2D eigenvalue weighted by molar-refractivity contribution is 5.23. The number of rotatable bonds is 6. The van der Waals surface area contributed by atoms with E-state index in [2.05, 4.69) is 4.90 Å². The van der Waals surface area contributed by atoms with Gasteiger partial charge in [-0.1, -0.05) is 25.1 Å². The van der Waals surface area contributed by atoms with E-state index in [4.69, 9.17) is 10.5 Å². The minimum Gasteiger partial charge on any atom is -0.377 e. The number of likely N-dealkylation sites (N-methyl/N-ethyl adjacent to an activating group) is 1. The normalized spacial score (nSPS) is 22.1. The lowest BCUT2D eigenvalue weighted by Crippen LogP contribution is -2.42. The number of hydrogen-bond donors (Lipinski definition) is 1. The van der Waals surface area contributed by atoms with E-state index in [0.29, 0.717) is 5.56 Å². The molecule has 0 aliphatic carbocycles. The van der Waals surface area contributed by atoms with Crippen molar-refractivity contribution in [1.82, 2.24) is 4.90 Å². The van der Waals surface area contributed by atoms with E-state index >= 15 is 0 Å². The maximum absolute atomic E-state index is 14.1. The Morgan fingerprint density at radius 1 is 1.45 bits per heavy atom. The second-order valence-corrected chi connectivity index (χ2v) is 5.61. The SMILES string of the molecule is CCC(N)C(c1ccccc1F)N(C)CC1CCCO1. The van der Waals surface area contributed by atoms with Crippen molar-refractivity contribution in [2.24, 2.45) is 5.73 Å². The van der Waals surface area contributed by atoms with Gasteiger partial charge in [0.15, 0.2) is 0 Å². The summed E-state index contributed by atoms with van der Waals surface area (Å²) < 4.78 is 19.8. The van der Waals surface area contributed by atoms with Crippen LogP contribution in [0.4, 0.5) is 4.39 Å². The Kier molecular flexibility index (Phi) is 5.52. The minimum absolute atomic E-state index is 0.0849. The highest BCUT2D eigenvalue weighted by Crippen LogP contribution is 2.27. The second-order valence-electron chi connectivity index (χ2n) is 5.61. The molecular weight excluding hydrogens is 255 g/mol. The average molecular weight is 280 g/mol. The molecule has 1 heterocycles. The van der Waals surface area contributed by atoms with Crippen LogP contribution in [-0.2, 0) is 4.74 Å². The zero-order chi connectivity index (χ0) is 14.5. The molecule has 20 heavy (non-hydrogen) atoms. The van der Waals surface area contributed by atoms with Crippen LogP contribution in [0, 0.1) is 5.82 Å². The number of ether oxygens (including phenoxy) is 1. The zero-order valence-electron chi connectivity index (χ0n) is 12.4. The molecule has 3 atom stereocenters. The van der Waals surface area contributed by atoms with Crippen molar-refractivity contribution in [3.8, 4) is 0 Å². The van der Waals surface area contributed by atoms with Gasteiger partial charge in [0.1, 0.15) is 5.82 Å². The smallest absolute Gasteiger partial charge is 0.128 e. The van der Waals surface area contributed by atoms with Crippen LogP contribution in [0.15, 0.2) is 24.3 Å². The van der Waals surface area contributed by atoms with Crippen molar-refractivity contribution >= 4 is 0 Å². The molecule has 1 fully saturated rings. The van der Waals surface area contributed by atoms with Gasteiger partial charge in [0.2, 0.25) is 0 Å². The monoisotopic (exact) mass is 280 g/mol. The van der Waals surface area contributed by atoms with Crippen LogP contribution in [-0.4, -0.2) is 37.2 Å². The van der Waals surface area contributed by atoms with Gasteiger partial charge in [-0.2, -0.15) is 0 Å². The molecule has 0 spiro atoms. The molecule has 1 aromatic rings. The predicted molar refractivity (Wildman–Crippen MR) is 79.0 cm³/mol. The van der Waals surface area contributed by atoms with E-state index in [0.717, 1.165) is 32.4 Å². The summed E-state index contributed by atoms with van der Waals surface area (Å²) in [7, 11) is 2.01. The fourth-order valence-corrected chi connectivity index (χ4v) is 2.96. The van der Waals surface area contributed by atoms with Gasteiger partial charge in [-0.05, 0) is 32.4 Å². The number of halogens is 1. The standard InChI is InChI=1S/C16H25FN2O/c1-3-15(18)16(13-8-4-5-9-14(13)17)19(2)11-12-7-6-10-20-12/h4-5,8-9,12,15-16H,3,6-7,10-11,18H2,1-2H3. The van der Waals surface area contributed by atoms with E-state index < -0.39 is 0 Å². The maximum atomic E-state index is 14.1. The fourth-order valence-electron chi connectivity index (χ4n) is 2.96. The van der Waals surface area contributed by atoms with E-state index in [1.165, 1.54) is 6.07 Å². The third-order valence-electron chi connectivity index (χ3n) is 4.09. The third-order valence-corrected chi connectivity index (χ3v) is 4.09. The quantitative estimate of drug-likeness (QED) is 0.870. The van der Waals surface area contributed by atoms with Gasteiger partial charge < -0.3 is 10.5 Å². The molecule has 0 aromatic heterocycles. The molecular formula is C16H25FN2O. The highest BCUT2D eigenvalue weighted by atomic mass is 19.1. The summed E-state index contributed by atoms with van der Waals surface area (Å²) >= 11 is 0. The minimum atomic E-state index is -0.180. The predicted octanol–water partition coefficient (Wildman–Crippen LogP) is 2.71. The van der Waals surface area contributed by atoms with Gasteiger partial charge in [-0.3, -0.25) is 4.90 Å². The van der Waals surface area contributed by atoms with E-state index in [1.807, 2.05) is 26.1 Å². The number of nitrogens with two attached hydrogens (primary N) is 1. The topological polar surface area (TPSA) is 38.5 Å². The first-order valence-corrected chi connectivity index (χ1v) is 7.45. The molecule has 2 rings (SSSR count). The Hall–Kier alpha value is -0.970. The van der Waals surface area contributed by atoms with Crippen LogP contribution in [0.1, 0.15) is 37.8 Å². The summed E-state index contributed by atoms with van der Waals surface area (Å²) in [6.45, 7) is 3.67. The van der Waals surface area contributed by atoms with Gasteiger partial charge in [0, 0.05) is 24.8 Å². The van der Waals surface area contributed by atoms with Crippen LogP contribution in [0.3, 0.4) is 0 Å². The molecule has 0 amide bonds. The first-order chi connectivity index (χ1) is 9.63. The molecule has 3 nitrogen and oxygen atoms in total. The van der Waals surface area contributed by atoms with Crippen molar-refractivity contribution in [1.29, 1.82) is 0 Å².